The lowest BCUT2D eigenvalue weighted by molar-refractivity contribution is 0.205. The van der Waals surface area contributed by atoms with E-state index < -0.39 is 0 Å². The summed E-state index contributed by atoms with van der Waals surface area (Å²) in [6.45, 7) is 2.13. The van der Waals surface area contributed by atoms with Crippen LogP contribution >= 0.6 is 0 Å². The average molecular weight is 250 g/mol. The Kier molecular flexibility index (Phi) is 2.39. The first-order chi connectivity index (χ1) is 9.29. The Morgan fingerprint density at radius 3 is 2.26 bits per heavy atom. The molecule has 0 radical (unpaired) electrons. The van der Waals surface area contributed by atoms with Crippen LogP contribution in [0.5, 0.6) is 0 Å². The molecule has 2 aromatic carbocycles. The Hall–Kier alpha value is -1.80. The molecular formula is C17H18N2. The number of nitrogens with zero attached hydrogens (tertiary/aromatic N) is 1. The highest BCUT2D eigenvalue weighted by molar-refractivity contribution is 5.46. The molecule has 1 heterocycles. The van der Waals surface area contributed by atoms with Crippen LogP contribution in [-0.2, 0) is 25.9 Å². The number of nitrogen functional groups attached to an aromatic ring is 1. The normalized spacial score (nSPS) is 18.5. The van der Waals surface area contributed by atoms with Gasteiger partial charge < -0.3 is 5.73 Å². The van der Waals surface area contributed by atoms with E-state index in [9.17, 15) is 0 Å². The molecule has 0 fully saturated rings. The van der Waals surface area contributed by atoms with Gasteiger partial charge >= 0.3 is 0 Å². The fraction of sp³-hybridized carbons (Fsp3) is 0.294. The zero-order valence-electron chi connectivity index (χ0n) is 11.0. The topological polar surface area (TPSA) is 29.3 Å². The molecule has 2 heteroatoms. The van der Waals surface area contributed by atoms with Crippen molar-refractivity contribution in [2.45, 2.75) is 32.0 Å². The van der Waals surface area contributed by atoms with Gasteiger partial charge in [-0.15, -0.1) is 0 Å². The highest BCUT2D eigenvalue weighted by atomic mass is 15.2. The van der Waals surface area contributed by atoms with E-state index in [-0.39, 0.29) is 0 Å². The fourth-order valence-corrected chi connectivity index (χ4v) is 3.49. The van der Waals surface area contributed by atoms with E-state index in [1.54, 1.807) is 0 Å². The molecule has 0 saturated carbocycles. The van der Waals surface area contributed by atoms with E-state index in [0.717, 1.165) is 18.8 Å². The van der Waals surface area contributed by atoms with Crippen LogP contribution in [0.3, 0.4) is 0 Å². The van der Waals surface area contributed by atoms with E-state index in [2.05, 4.69) is 41.3 Å². The maximum absolute atomic E-state index is 5.88. The monoisotopic (exact) mass is 250 g/mol. The summed E-state index contributed by atoms with van der Waals surface area (Å²) in [5.74, 6) is 0. The Morgan fingerprint density at radius 1 is 0.842 bits per heavy atom. The van der Waals surface area contributed by atoms with Crippen molar-refractivity contribution in [2.24, 2.45) is 0 Å². The van der Waals surface area contributed by atoms with Crippen LogP contribution in [0, 0.1) is 0 Å². The molecule has 2 nitrogen and oxygen atoms in total. The van der Waals surface area contributed by atoms with Crippen molar-refractivity contribution in [3.63, 3.8) is 0 Å². The van der Waals surface area contributed by atoms with Crippen molar-refractivity contribution >= 4 is 5.69 Å². The second-order valence-corrected chi connectivity index (χ2v) is 5.76. The molecule has 2 N–H and O–H groups in total. The fourth-order valence-electron chi connectivity index (χ4n) is 3.49. The van der Waals surface area contributed by atoms with Gasteiger partial charge in [0.1, 0.15) is 0 Å². The minimum atomic E-state index is 0.658. The van der Waals surface area contributed by atoms with Crippen LogP contribution in [0.1, 0.15) is 22.3 Å². The van der Waals surface area contributed by atoms with Crippen LogP contribution in [0.15, 0.2) is 42.5 Å². The van der Waals surface area contributed by atoms with Gasteiger partial charge in [-0.3, -0.25) is 4.90 Å². The van der Waals surface area contributed by atoms with Gasteiger partial charge in [0.15, 0.2) is 0 Å². The molecule has 0 spiro atoms. The molecule has 0 aromatic heterocycles. The Labute approximate surface area is 113 Å². The zero-order chi connectivity index (χ0) is 12.8. The third kappa shape index (κ3) is 1.83. The van der Waals surface area contributed by atoms with Gasteiger partial charge in [0.05, 0.1) is 0 Å². The molecule has 4 rings (SSSR count). The molecule has 0 saturated heterocycles. The SMILES string of the molecule is Nc1ccc2c(c1)CN(C1Cc3ccccc3C1)C2. The molecule has 0 bridgehead atoms. The van der Waals surface area contributed by atoms with Gasteiger partial charge in [-0.2, -0.15) is 0 Å². The highest BCUT2D eigenvalue weighted by Gasteiger charge is 2.30. The van der Waals surface area contributed by atoms with Gasteiger partial charge in [-0.25, -0.2) is 0 Å². The molecule has 0 atom stereocenters. The van der Waals surface area contributed by atoms with Gasteiger partial charge in [-0.1, -0.05) is 30.3 Å². The summed E-state index contributed by atoms with van der Waals surface area (Å²) in [6.07, 6.45) is 2.39. The molecule has 1 aliphatic heterocycles. The maximum atomic E-state index is 5.88. The summed E-state index contributed by atoms with van der Waals surface area (Å²) in [5.41, 5.74) is 12.7. The van der Waals surface area contributed by atoms with Gasteiger partial charge in [0.25, 0.3) is 0 Å². The van der Waals surface area contributed by atoms with Crippen molar-refractivity contribution in [3.8, 4) is 0 Å². The van der Waals surface area contributed by atoms with E-state index >= 15 is 0 Å². The first-order valence-corrected chi connectivity index (χ1v) is 6.98. The first-order valence-electron chi connectivity index (χ1n) is 6.98. The third-order valence-electron chi connectivity index (χ3n) is 4.52. The lowest BCUT2D eigenvalue weighted by Crippen LogP contribution is -2.31. The van der Waals surface area contributed by atoms with Gasteiger partial charge in [-0.05, 0) is 47.2 Å². The summed E-state index contributed by atoms with van der Waals surface area (Å²) in [7, 11) is 0. The van der Waals surface area contributed by atoms with Crippen molar-refractivity contribution in [1.82, 2.24) is 4.90 Å². The minimum absolute atomic E-state index is 0.658. The van der Waals surface area contributed by atoms with Gasteiger partial charge in [0, 0.05) is 24.8 Å². The van der Waals surface area contributed by atoms with Crippen molar-refractivity contribution in [1.29, 1.82) is 0 Å². The second-order valence-electron chi connectivity index (χ2n) is 5.76. The summed E-state index contributed by atoms with van der Waals surface area (Å²) >= 11 is 0. The van der Waals surface area contributed by atoms with E-state index in [4.69, 9.17) is 5.73 Å². The molecule has 0 unspecified atom stereocenters. The number of hydrogen-bond donors (Lipinski definition) is 1. The van der Waals surface area contributed by atoms with Crippen molar-refractivity contribution in [2.75, 3.05) is 5.73 Å². The lowest BCUT2D eigenvalue weighted by atomic mass is 10.1. The number of anilines is 1. The van der Waals surface area contributed by atoms with E-state index in [0.29, 0.717) is 6.04 Å². The summed E-state index contributed by atoms with van der Waals surface area (Å²) in [4.78, 5) is 2.60. The Balaban J connectivity index is 1.55. The van der Waals surface area contributed by atoms with Crippen molar-refractivity contribution < 1.29 is 0 Å². The average Bonchev–Trinajstić information content (AvgIpc) is 3.00. The lowest BCUT2D eigenvalue weighted by Gasteiger charge is -2.22. The predicted octanol–water partition coefficient (Wildman–Crippen LogP) is 2.75. The molecule has 1 aliphatic carbocycles. The predicted molar refractivity (Wildman–Crippen MR) is 77.7 cm³/mol. The zero-order valence-corrected chi connectivity index (χ0v) is 11.0. The summed E-state index contributed by atoms with van der Waals surface area (Å²) < 4.78 is 0. The standard InChI is InChI=1S/C17H18N2/c18-16-6-5-14-10-19(11-15(14)7-16)17-8-12-3-1-2-4-13(12)9-17/h1-7,17H,8-11,18H2. The van der Waals surface area contributed by atoms with Crippen LogP contribution < -0.4 is 5.73 Å². The molecule has 19 heavy (non-hydrogen) atoms. The smallest absolute Gasteiger partial charge is 0.0317 e. The molecule has 0 amide bonds. The van der Waals surface area contributed by atoms with Crippen LogP contribution in [0.4, 0.5) is 5.69 Å². The Morgan fingerprint density at radius 2 is 1.53 bits per heavy atom. The quantitative estimate of drug-likeness (QED) is 0.789. The van der Waals surface area contributed by atoms with Crippen LogP contribution in [0.25, 0.3) is 0 Å². The first kappa shape index (κ1) is 11.1. The molecule has 2 aromatic rings. The van der Waals surface area contributed by atoms with Gasteiger partial charge in [0.2, 0.25) is 0 Å². The van der Waals surface area contributed by atoms with Crippen molar-refractivity contribution in [3.05, 3.63) is 64.7 Å². The Bertz CT molecular complexity index is 608. The summed E-state index contributed by atoms with van der Waals surface area (Å²) in [6, 6.07) is 15.9. The molecule has 2 aliphatic rings. The van der Waals surface area contributed by atoms with E-state index in [1.807, 2.05) is 6.07 Å². The number of fused-ring (bicyclic) bond motifs is 2. The maximum Gasteiger partial charge on any atom is 0.0317 e. The minimum Gasteiger partial charge on any atom is -0.399 e. The second kappa shape index (κ2) is 4.10. The highest BCUT2D eigenvalue weighted by Crippen LogP contribution is 2.32. The third-order valence-corrected chi connectivity index (χ3v) is 4.52. The van der Waals surface area contributed by atoms with Crippen LogP contribution in [-0.4, -0.2) is 10.9 Å². The number of benzene rings is 2. The van der Waals surface area contributed by atoms with E-state index in [1.165, 1.54) is 35.1 Å². The number of nitrogens with two attached hydrogens (primary N) is 1. The number of rotatable bonds is 1. The van der Waals surface area contributed by atoms with Crippen LogP contribution in [0.2, 0.25) is 0 Å². The molecule has 96 valence electrons. The summed E-state index contributed by atoms with van der Waals surface area (Å²) in [5, 5.41) is 0. The number of hydrogen-bond acceptors (Lipinski definition) is 2. The molecular weight excluding hydrogens is 232 g/mol. The largest absolute Gasteiger partial charge is 0.399 e.